The second kappa shape index (κ2) is 5.74. The number of carbonyl (C=O) groups excluding carboxylic acids is 1. The zero-order valence-corrected chi connectivity index (χ0v) is 12.2. The molecule has 3 nitrogen and oxygen atoms in total. The fourth-order valence-electron chi connectivity index (χ4n) is 3.07. The molecule has 1 amide bonds. The van der Waals surface area contributed by atoms with Gasteiger partial charge in [-0.1, -0.05) is 24.3 Å². The van der Waals surface area contributed by atoms with Crippen LogP contribution in [0.15, 0.2) is 24.3 Å². The maximum absolute atomic E-state index is 12.8. The molecule has 104 valence electrons. The minimum Gasteiger partial charge on any atom is -0.344 e. The molecule has 0 spiro atoms. The number of hydrogen-bond acceptors (Lipinski definition) is 2. The molecule has 0 aromatic heterocycles. The second-order valence-corrected chi connectivity index (χ2v) is 5.67. The Bertz CT molecular complexity index is 458. The Morgan fingerprint density at radius 1 is 1.42 bits per heavy atom. The Morgan fingerprint density at radius 2 is 2.16 bits per heavy atom. The summed E-state index contributed by atoms with van der Waals surface area (Å²) in [4.78, 5) is 14.6. The van der Waals surface area contributed by atoms with Crippen LogP contribution in [0.5, 0.6) is 0 Å². The number of likely N-dealkylation sites (N-methyl/N-ethyl adjacent to an activating group) is 2. The minimum atomic E-state index is -0.350. The quantitative estimate of drug-likeness (QED) is 0.897. The number of aryl methyl sites for hydroxylation is 1. The third-order valence-electron chi connectivity index (χ3n) is 4.25. The van der Waals surface area contributed by atoms with E-state index in [-0.39, 0.29) is 11.3 Å². The number of amides is 1. The molecule has 1 aromatic carbocycles. The van der Waals surface area contributed by atoms with Crippen molar-refractivity contribution in [1.29, 1.82) is 0 Å². The summed E-state index contributed by atoms with van der Waals surface area (Å²) in [6.45, 7) is 3.69. The van der Waals surface area contributed by atoms with Crippen molar-refractivity contribution >= 4 is 5.91 Å². The Kier molecular flexibility index (Phi) is 4.25. The zero-order valence-electron chi connectivity index (χ0n) is 12.2. The molecule has 2 rings (SSSR count). The molecule has 1 N–H and O–H groups in total. The summed E-state index contributed by atoms with van der Waals surface area (Å²) in [5, 5.41) is 3.09. The summed E-state index contributed by atoms with van der Waals surface area (Å²) in [7, 11) is 3.82. The van der Waals surface area contributed by atoms with E-state index in [2.05, 4.69) is 30.4 Å². The Balaban J connectivity index is 2.26. The van der Waals surface area contributed by atoms with Crippen molar-refractivity contribution in [2.75, 3.05) is 27.2 Å². The molecular formula is C16H24N2O. The Labute approximate surface area is 116 Å². The lowest BCUT2D eigenvalue weighted by atomic mass is 9.70. The van der Waals surface area contributed by atoms with E-state index < -0.39 is 0 Å². The normalized spacial score (nSPS) is 21.8. The van der Waals surface area contributed by atoms with Crippen molar-refractivity contribution < 1.29 is 4.79 Å². The molecule has 3 heteroatoms. The molecule has 0 bridgehead atoms. The molecule has 0 radical (unpaired) electrons. The molecule has 0 saturated carbocycles. The van der Waals surface area contributed by atoms with Crippen LogP contribution in [0.1, 0.15) is 30.9 Å². The van der Waals surface area contributed by atoms with Crippen LogP contribution in [0.3, 0.4) is 0 Å². The lowest BCUT2D eigenvalue weighted by Crippen LogP contribution is -2.46. The molecule has 1 atom stereocenters. The highest BCUT2D eigenvalue weighted by molar-refractivity contribution is 5.88. The molecule has 1 aromatic rings. The van der Waals surface area contributed by atoms with Crippen molar-refractivity contribution in [2.45, 2.75) is 31.6 Å². The number of benzene rings is 1. The van der Waals surface area contributed by atoms with Gasteiger partial charge in [0.15, 0.2) is 0 Å². The van der Waals surface area contributed by atoms with E-state index in [0.29, 0.717) is 0 Å². The third-order valence-corrected chi connectivity index (χ3v) is 4.25. The standard InChI is InChI=1S/C16H24N2O/c1-16(15(19)18(3)12-11-17-2)10-6-8-13-7-4-5-9-14(13)16/h4-5,7,9,17H,6,8,10-12H2,1-3H3. The molecule has 1 aliphatic rings. The number of nitrogens with zero attached hydrogens (tertiary/aromatic N) is 1. The van der Waals surface area contributed by atoms with Gasteiger partial charge in [0.25, 0.3) is 0 Å². The number of rotatable bonds is 4. The van der Waals surface area contributed by atoms with Gasteiger partial charge in [0.2, 0.25) is 5.91 Å². The van der Waals surface area contributed by atoms with E-state index in [4.69, 9.17) is 0 Å². The molecule has 0 saturated heterocycles. The van der Waals surface area contributed by atoms with Gasteiger partial charge in [-0.05, 0) is 44.4 Å². The van der Waals surface area contributed by atoms with Gasteiger partial charge in [0, 0.05) is 20.1 Å². The maximum Gasteiger partial charge on any atom is 0.232 e. The first-order chi connectivity index (χ1) is 9.09. The molecule has 0 fully saturated rings. The van der Waals surface area contributed by atoms with E-state index in [9.17, 15) is 4.79 Å². The number of nitrogens with one attached hydrogen (secondary N) is 1. The van der Waals surface area contributed by atoms with Crippen LogP contribution >= 0.6 is 0 Å². The summed E-state index contributed by atoms with van der Waals surface area (Å²) in [5.41, 5.74) is 2.21. The van der Waals surface area contributed by atoms with Gasteiger partial charge in [-0.15, -0.1) is 0 Å². The highest BCUT2D eigenvalue weighted by Gasteiger charge is 2.40. The van der Waals surface area contributed by atoms with E-state index in [1.807, 2.05) is 25.1 Å². The van der Waals surface area contributed by atoms with Gasteiger partial charge in [0.1, 0.15) is 0 Å². The first-order valence-electron chi connectivity index (χ1n) is 7.08. The minimum absolute atomic E-state index is 0.245. The first-order valence-corrected chi connectivity index (χ1v) is 7.08. The summed E-state index contributed by atoms with van der Waals surface area (Å²) < 4.78 is 0. The van der Waals surface area contributed by atoms with Gasteiger partial charge in [0.05, 0.1) is 5.41 Å². The fourth-order valence-corrected chi connectivity index (χ4v) is 3.07. The average molecular weight is 260 g/mol. The Hall–Kier alpha value is -1.35. The van der Waals surface area contributed by atoms with Gasteiger partial charge in [-0.2, -0.15) is 0 Å². The monoisotopic (exact) mass is 260 g/mol. The van der Waals surface area contributed by atoms with Gasteiger partial charge in [-0.25, -0.2) is 0 Å². The summed E-state index contributed by atoms with van der Waals surface area (Å²) >= 11 is 0. The highest BCUT2D eigenvalue weighted by Crippen LogP contribution is 2.38. The molecule has 19 heavy (non-hydrogen) atoms. The summed E-state index contributed by atoms with van der Waals surface area (Å²) in [5.74, 6) is 0.245. The average Bonchev–Trinajstić information content (AvgIpc) is 2.44. The predicted octanol–water partition coefficient (Wildman–Crippen LogP) is 1.96. The smallest absolute Gasteiger partial charge is 0.232 e. The molecule has 1 unspecified atom stereocenters. The Morgan fingerprint density at radius 3 is 2.89 bits per heavy atom. The van der Waals surface area contributed by atoms with Crippen molar-refractivity contribution in [3.05, 3.63) is 35.4 Å². The van der Waals surface area contributed by atoms with Crippen LogP contribution in [0.4, 0.5) is 0 Å². The predicted molar refractivity (Wildman–Crippen MR) is 78.3 cm³/mol. The third kappa shape index (κ3) is 2.66. The van der Waals surface area contributed by atoms with E-state index >= 15 is 0 Å². The molecule has 1 aliphatic carbocycles. The number of carbonyl (C=O) groups is 1. The van der Waals surface area contributed by atoms with Crippen LogP contribution < -0.4 is 5.32 Å². The van der Waals surface area contributed by atoms with Crippen molar-refractivity contribution in [1.82, 2.24) is 10.2 Å². The van der Waals surface area contributed by atoms with Crippen LogP contribution in [-0.4, -0.2) is 38.0 Å². The largest absolute Gasteiger partial charge is 0.344 e. The lowest BCUT2D eigenvalue weighted by molar-refractivity contribution is -0.136. The molecule has 0 heterocycles. The van der Waals surface area contributed by atoms with Crippen LogP contribution in [-0.2, 0) is 16.6 Å². The van der Waals surface area contributed by atoms with Crippen LogP contribution in [0.2, 0.25) is 0 Å². The zero-order chi connectivity index (χ0) is 13.9. The van der Waals surface area contributed by atoms with Crippen molar-refractivity contribution in [3.8, 4) is 0 Å². The summed E-state index contributed by atoms with van der Waals surface area (Å²) in [6, 6.07) is 8.40. The van der Waals surface area contributed by atoms with E-state index in [1.165, 1.54) is 11.1 Å². The first kappa shape index (κ1) is 14.1. The fraction of sp³-hybridized carbons (Fsp3) is 0.562. The van der Waals surface area contributed by atoms with Crippen LogP contribution in [0.25, 0.3) is 0 Å². The summed E-state index contributed by atoms with van der Waals surface area (Å²) in [6.07, 6.45) is 3.14. The highest BCUT2D eigenvalue weighted by atomic mass is 16.2. The van der Waals surface area contributed by atoms with Crippen LogP contribution in [0, 0.1) is 0 Å². The molecular weight excluding hydrogens is 236 g/mol. The topological polar surface area (TPSA) is 32.3 Å². The van der Waals surface area contributed by atoms with E-state index in [1.54, 1.807) is 0 Å². The number of hydrogen-bond donors (Lipinski definition) is 1. The van der Waals surface area contributed by atoms with Gasteiger partial charge in [-0.3, -0.25) is 4.79 Å². The van der Waals surface area contributed by atoms with E-state index in [0.717, 1.165) is 32.4 Å². The lowest BCUT2D eigenvalue weighted by Gasteiger charge is -2.37. The van der Waals surface area contributed by atoms with Gasteiger partial charge >= 0.3 is 0 Å². The van der Waals surface area contributed by atoms with Crippen molar-refractivity contribution in [3.63, 3.8) is 0 Å². The molecule has 0 aliphatic heterocycles. The maximum atomic E-state index is 12.8. The SMILES string of the molecule is CNCCN(C)C(=O)C1(C)CCCc2ccccc21. The van der Waals surface area contributed by atoms with Crippen molar-refractivity contribution in [2.24, 2.45) is 0 Å². The van der Waals surface area contributed by atoms with Gasteiger partial charge < -0.3 is 10.2 Å². The number of fused-ring (bicyclic) bond motifs is 1. The second-order valence-electron chi connectivity index (χ2n) is 5.67.